The van der Waals surface area contributed by atoms with E-state index in [9.17, 15) is 9.90 Å². The third-order valence-corrected chi connectivity index (χ3v) is 5.55. The van der Waals surface area contributed by atoms with Crippen molar-refractivity contribution in [3.8, 4) is 5.75 Å². The summed E-state index contributed by atoms with van der Waals surface area (Å²) in [5.41, 5.74) is 2.07. The van der Waals surface area contributed by atoms with Gasteiger partial charge in [-0.2, -0.15) is 0 Å². The molecule has 27 heavy (non-hydrogen) atoms. The summed E-state index contributed by atoms with van der Waals surface area (Å²) < 4.78 is 0. The van der Waals surface area contributed by atoms with Crippen molar-refractivity contribution in [1.82, 2.24) is 10.2 Å². The maximum absolute atomic E-state index is 12.4. The van der Waals surface area contributed by atoms with E-state index in [-0.39, 0.29) is 17.7 Å². The van der Waals surface area contributed by atoms with Gasteiger partial charge < -0.3 is 10.4 Å². The summed E-state index contributed by atoms with van der Waals surface area (Å²) in [6.07, 6.45) is 3.36. The number of para-hydroxylation sites is 1. The number of phenols is 1. The minimum Gasteiger partial charge on any atom is -0.508 e. The standard InChI is InChI=1S/C23H30N2O2/c1-18-13-15-25(16-14-18)21(19-7-3-2-4-8-19)17-24-23(27)12-11-20-9-5-6-10-22(20)26/h2-10,18,21,26H,11-17H2,1H3,(H,24,27). The predicted octanol–water partition coefficient (Wildman–Crippen LogP) is 3.91. The van der Waals surface area contributed by atoms with E-state index in [1.54, 1.807) is 12.1 Å². The molecule has 1 atom stereocenters. The van der Waals surface area contributed by atoms with E-state index in [4.69, 9.17) is 0 Å². The van der Waals surface area contributed by atoms with Gasteiger partial charge in [-0.15, -0.1) is 0 Å². The highest BCUT2D eigenvalue weighted by molar-refractivity contribution is 5.76. The number of hydrogen-bond acceptors (Lipinski definition) is 3. The number of phenolic OH excluding ortho intramolecular Hbond substituents is 1. The number of nitrogens with one attached hydrogen (secondary N) is 1. The number of carbonyl (C=O) groups excluding carboxylic acids is 1. The monoisotopic (exact) mass is 366 g/mol. The number of hydrogen-bond donors (Lipinski definition) is 2. The molecule has 0 aliphatic carbocycles. The molecule has 2 aromatic carbocycles. The van der Waals surface area contributed by atoms with Crippen LogP contribution in [0.15, 0.2) is 54.6 Å². The molecular formula is C23H30N2O2. The number of likely N-dealkylation sites (tertiary alicyclic amines) is 1. The van der Waals surface area contributed by atoms with Crippen LogP contribution < -0.4 is 5.32 Å². The lowest BCUT2D eigenvalue weighted by Crippen LogP contribution is -2.42. The molecule has 0 saturated carbocycles. The number of aromatic hydroxyl groups is 1. The lowest BCUT2D eigenvalue weighted by Gasteiger charge is -2.37. The van der Waals surface area contributed by atoms with E-state index < -0.39 is 0 Å². The van der Waals surface area contributed by atoms with Gasteiger partial charge in [0.2, 0.25) is 5.91 Å². The summed E-state index contributed by atoms with van der Waals surface area (Å²) in [6.45, 7) is 5.09. The smallest absolute Gasteiger partial charge is 0.220 e. The van der Waals surface area contributed by atoms with Gasteiger partial charge in [0.15, 0.2) is 0 Å². The molecule has 1 aliphatic heterocycles. The number of rotatable bonds is 7. The van der Waals surface area contributed by atoms with Crippen LogP contribution in [0.4, 0.5) is 0 Å². The summed E-state index contributed by atoms with van der Waals surface area (Å²) in [4.78, 5) is 14.9. The zero-order valence-corrected chi connectivity index (χ0v) is 16.1. The first-order valence-electron chi connectivity index (χ1n) is 9.96. The molecule has 1 fully saturated rings. The molecule has 2 aromatic rings. The lowest BCUT2D eigenvalue weighted by molar-refractivity contribution is -0.121. The summed E-state index contributed by atoms with van der Waals surface area (Å²) in [5, 5.41) is 13.0. The summed E-state index contributed by atoms with van der Waals surface area (Å²) in [7, 11) is 0. The molecule has 1 heterocycles. The molecule has 0 bridgehead atoms. The number of carbonyl (C=O) groups is 1. The minimum absolute atomic E-state index is 0.0320. The molecular weight excluding hydrogens is 336 g/mol. The molecule has 0 spiro atoms. The summed E-state index contributed by atoms with van der Waals surface area (Å²) >= 11 is 0. The Kier molecular flexibility index (Phi) is 6.88. The van der Waals surface area contributed by atoms with Crippen molar-refractivity contribution in [2.24, 2.45) is 5.92 Å². The Hall–Kier alpha value is -2.33. The summed E-state index contributed by atoms with van der Waals surface area (Å²) in [5.74, 6) is 1.07. The van der Waals surface area contributed by atoms with Crippen LogP contribution in [-0.2, 0) is 11.2 Å². The average molecular weight is 367 g/mol. The zero-order chi connectivity index (χ0) is 19.1. The maximum Gasteiger partial charge on any atom is 0.220 e. The van der Waals surface area contributed by atoms with Gasteiger partial charge in [-0.1, -0.05) is 55.5 Å². The van der Waals surface area contributed by atoms with Crippen LogP contribution in [0.25, 0.3) is 0 Å². The van der Waals surface area contributed by atoms with Gasteiger partial charge in [0.05, 0.1) is 6.04 Å². The predicted molar refractivity (Wildman–Crippen MR) is 109 cm³/mol. The number of piperidine rings is 1. The van der Waals surface area contributed by atoms with Gasteiger partial charge in [-0.05, 0) is 55.5 Å². The summed E-state index contributed by atoms with van der Waals surface area (Å²) in [6, 6.07) is 17.9. The Balaban J connectivity index is 1.57. The molecule has 1 unspecified atom stereocenters. The van der Waals surface area contributed by atoms with Crippen molar-refractivity contribution in [3.63, 3.8) is 0 Å². The Bertz CT molecular complexity index is 724. The van der Waals surface area contributed by atoms with Crippen LogP contribution in [0.2, 0.25) is 0 Å². The minimum atomic E-state index is 0.0320. The number of nitrogens with zero attached hydrogens (tertiary/aromatic N) is 1. The van der Waals surface area contributed by atoms with Gasteiger partial charge in [-0.25, -0.2) is 0 Å². The van der Waals surface area contributed by atoms with Crippen LogP contribution in [0.3, 0.4) is 0 Å². The van der Waals surface area contributed by atoms with E-state index in [1.807, 2.05) is 18.2 Å². The van der Waals surface area contributed by atoms with Crippen molar-refractivity contribution in [2.45, 2.75) is 38.6 Å². The molecule has 1 amide bonds. The maximum atomic E-state index is 12.4. The Labute approximate surface area is 162 Å². The van der Waals surface area contributed by atoms with E-state index in [0.717, 1.165) is 24.6 Å². The molecule has 144 valence electrons. The third kappa shape index (κ3) is 5.57. The van der Waals surface area contributed by atoms with Crippen molar-refractivity contribution in [2.75, 3.05) is 19.6 Å². The fraction of sp³-hybridized carbons (Fsp3) is 0.435. The first kappa shape index (κ1) is 19.4. The molecule has 2 N–H and O–H groups in total. The fourth-order valence-electron chi connectivity index (χ4n) is 3.74. The van der Waals surface area contributed by atoms with Gasteiger partial charge in [0.1, 0.15) is 5.75 Å². The molecule has 4 nitrogen and oxygen atoms in total. The zero-order valence-electron chi connectivity index (χ0n) is 16.1. The van der Waals surface area contributed by atoms with Crippen LogP contribution >= 0.6 is 0 Å². The van der Waals surface area contributed by atoms with Crippen molar-refractivity contribution in [3.05, 3.63) is 65.7 Å². The number of benzene rings is 2. The van der Waals surface area contributed by atoms with Crippen molar-refractivity contribution < 1.29 is 9.90 Å². The highest BCUT2D eigenvalue weighted by Crippen LogP contribution is 2.26. The first-order valence-corrected chi connectivity index (χ1v) is 9.96. The topological polar surface area (TPSA) is 52.6 Å². The quantitative estimate of drug-likeness (QED) is 0.781. The van der Waals surface area contributed by atoms with E-state index in [0.29, 0.717) is 19.4 Å². The van der Waals surface area contributed by atoms with E-state index in [2.05, 4.69) is 41.4 Å². The second-order valence-corrected chi connectivity index (χ2v) is 7.58. The van der Waals surface area contributed by atoms with Crippen molar-refractivity contribution in [1.29, 1.82) is 0 Å². The Morgan fingerprint density at radius 2 is 1.78 bits per heavy atom. The molecule has 1 saturated heterocycles. The van der Waals surface area contributed by atoms with Gasteiger partial charge >= 0.3 is 0 Å². The van der Waals surface area contributed by atoms with Gasteiger partial charge in [0.25, 0.3) is 0 Å². The van der Waals surface area contributed by atoms with Crippen LogP contribution in [0.1, 0.15) is 43.4 Å². The van der Waals surface area contributed by atoms with Crippen LogP contribution in [-0.4, -0.2) is 35.5 Å². The van der Waals surface area contributed by atoms with E-state index >= 15 is 0 Å². The van der Waals surface area contributed by atoms with Gasteiger partial charge in [0, 0.05) is 13.0 Å². The normalized spacial score (nSPS) is 16.8. The molecule has 4 heteroatoms. The third-order valence-electron chi connectivity index (χ3n) is 5.55. The SMILES string of the molecule is CC1CCN(C(CNC(=O)CCc2ccccc2O)c2ccccc2)CC1. The first-order chi connectivity index (χ1) is 13.1. The van der Waals surface area contributed by atoms with Crippen molar-refractivity contribution >= 4 is 5.91 Å². The van der Waals surface area contributed by atoms with Crippen LogP contribution in [0, 0.1) is 5.92 Å². The van der Waals surface area contributed by atoms with E-state index in [1.165, 1.54) is 18.4 Å². The number of aryl methyl sites for hydroxylation is 1. The Morgan fingerprint density at radius 3 is 2.48 bits per heavy atom. The molecule has 0 radical (unpaired) electrons. The van der Waals surface area contributed by atoms with Gasteiger partial charge in [-0.3, -0.25) is 9.69 Å². The second-order valence-electron chi connectivity index (χ2n) is 7.58. The lowest BCUT2D eigenvalue weighted by atomic mass is 9.95. The Morgan fingerprint density at radius 1 is 1.11 bits per heavy atom. The second kappa shape index (κ2) is 9.56. The fourth-order valence-corrected chi connectivity index (χ4v) is 3.74. The average Bonchev–Trinajstić information content (AvgIpc) is 2.69. The highest BCUT2D eigenvalue weighted by atomic mass is 16.3. The highest BCUT2D eigenvalue weighted by Gasteiger charge is 2.24. The van der Waals surface area contributed by atoms with Crippen LogP contribution in [0.5, 0.6) is 5.75 Å². The number of amides is 1. The molecule has 3 rings (SSSR count). The molecule has 1 aliphatic rings. The largest absolute Gasteiger partial charge is 0.508 e. The molecule has 0 aromatic heterocycles.